The van der Waals surface area contributed by atoms with E-state index in [0.29, 0.717) is 18.9 Å². The fourth-order valence-corrected chi connectivity index (χ4v) is 3.62. The van der Waals surface area contributed by atoms with Crippen molar-refractivity contribution in [2.24, 2.45) is 5.92 Å². The number of carbonyl (C=O) groups is 1. The second-order valence-electron chi connectivity index (χ2n) is 7.39. The molecule has 0 unspecified atom stereocenters. The predicted molar refractivity (Wildman–Crippen MR) is 93.8 cm³/mol. The van der Waals surface area contributed by atoms with Gasteiger partial charge in [-0.05, 0) is 50.3 Å². The number of carbonyl (C=O) groups excluding carboxylic acids is 1. The molecule has 0 radical (unpaired) electrons. The molecule has 2 aromatic rings. The zero-order valence-corrected chi connectivity index (χ0v) is 14.8. The highest BCUT2D eigenvalue weighted by Crippen LogP contribution is 2.32. The molecule has 6 nitrogen and oxygen atoms in total. The first kappa shape index (κ1) is 16.4. The van der Waals surface area contributed by atoms with Crippen LogP contribution >= 0.6 is 0 Å². The molecule has 1 aliphatic carbocycles. The average molecular weight is 342 g/mol. The maximum atomic E-state index is 11.9. The monoisotopic (exact) mass is 342 g/mol. The van der Waals surface area contributed by atoms with E-state index in [1.165, 1.54) is 18.5 Å². The van der Waals surface area contributed by atoms with Crippen LogP contribution in [-0.2, 0) is 17.9 Å². The summed E-state index contributed by atoms with van der Waals surface area (Å²) in [5.74, 6) is 2.79. The molecule has 0 aromatic carbocycles. The molecule has 1 amide bonds. The van der Waals surface area contributed by atoms with Gasteiger partial charge >= 0.3 is 0 Å². The van der Waals surface area contributed by atoms with Gasteiger partial charge in [0.1, 0.15) is 11.5 Å². The molecule has 2 aromatic heterocycles. The molecule has 1 saturated carbocycles. The molecule has 1 N–H and O–H groups in total. The largest absolute Gasteiger partial charge is 0.465 e. The Morgan fingerprint density at radius 2 is 2.24 bits per heavy atom. The molecule has 3 heterocycles. The van der Waals surface area contributed by atoms with Gasteiger partial charge in [-0.15, -0.1) is 0 Å². The van der Waals surface area contributed by atoms with Crippen LogP contribution < -0.4 is 5.32 Å². The number of aryl methyl sites for hydroxylation is 1. The number of aromatic nitrogens is 2. The van der Waals surface area contributed by atoms with Crippen molar-refractivity contribution in [3.63, 3.8) is 0 Å². The molecular formula is C19H26N4O2. The second-order valence-corrected chi connectivity index (χ2v) is 7.39. The third kappa shape index (κ3) is 4.12. The molecule has 25 heavy (non-hydrogen) atoms. The minimum absolute atomic E-state index is 0.196. The molecule has 4 rings (SSSR count). The van der Waals surface area contributed by atoms with Gasteiger partial charge in [-0.1, -0.05) is 0 Å². The van der Waals surface area contributed by atoms with Crippen LogP contribution in [0, 0.1) is 12.8 Å². The van der Waals surface area contributed by atoms with Gasteiger partial charge in [0.15, 0.2) is 0 Å². The van der Waals surface area contributed by atoms with E-state index in [0.717, 1.165) is 37.6 Å². The fraction of sp³-hybridized carbons (Fsp3) is 0.579. The molecular weight excluding hydrogens is 316 g/mol. The highest BCUT2D eigenvalue weighted by atomic mass is 16.3. The first-order valence-electron chi connectivity index (χ1n) is 9.24. The number of amides is 1. The van der Waals surface area contributed by atoms with E-state index in [1.54, 1.807) is 0 Å². The van der Waals surface area contributed by atoms with Crippen molar-refractivity contribution in [2.75, 3.05) is 13.1 Å². The fourth-order valence-electron chi connectivity index (χ4n) is 3.62. The lowest BCUT2D eigenvalue weighted by molar-refractivity contribution is -0.121. The lowest BCUT2D eigenvalue weighted by atomic mass is 10.1. The minimum Gasteiger partial charge on any atom is -0.465 e. The maximum Gasteiger partial charge on any atom is 0.220 e. The highest BCUT2D eigenvalue weighted by molar-refractivity contribution is 5.76. The standard InChI is InChI=1S/C19H26N4O2/c1-14-2-5-18(25-14)13-22-11-16(23-17(12-22)7-9-21-23)6-8-20-19(24)10-15-3-4-15/h2,5,7,9,15-16H,3-4,6,8,10-13H2,1H3,(H,20,24)/t16-/m1/s1. The zero-order chi connectivity index (χ0) is 17.2. The van der Waals surface area contributed by atoms with Crippen LogP contribution in [0.3, 0.4) is 0 Å². The summed E-state index contributed by atoms with van der Waals surface area (Å²) in [5.41, 5.74) is 1.23. The summed E-state index contributed by atoms with van der Waals surface area (Å²) in [6, 6.07) is 6.43. The van der Waals surface area contributed by atoms with Gasteiger partial charge in [0, 0.05) is 32.3 Å². The Bertz CT molecular complexity index is 731. The Balaban J connectivity index is 1.34. The Hall–Kier alpha value is -2.08. The average Bonchev–Trinajstić information content (AvgIpc) is 3.09. The maximum absolute atomic E-state index is 11.9. The Morgan fingerprint density at radius 3 is 3.00 bits per heavy atom. The first-order valence-corrected chi connectivity index (χ1v) is 9.24. The summed E-state index contributed by atoms with van der Waals surface area (Å²) in [5, 5.41) is 7.57. The number of nitrogens with zero attached hydrogens (tertiary/aromatic N) is 3. The smallest absolute Gasteiger partial charge is 0.220 e. The van der Waals surface area contributed by atoms with Gasteiger partial charge < -0.3 is 9.73 Å². The Morgan fingerprint density at radius 1 is 1.36 bits per heavy atom. The number of nitrogens with one attached hydrogen (secondary N) is 1. The molecule has 0 saturated heterocycles. The molecule has 0 bridgehead atoms. The van der Waals surface area contributed by atoms with Gasteiger partial charge in [-0.25, -0.2) is 0 Å². The van der Waals surface area contributed by atoms with Crippen LogP contribution in [0.1, 0.15) is 48.9 Å². The number of furan rings is 1. The van der Waals surface area contributed by atoms with Crippen molar-refractivity contribution in [1.82, 2.24) is 20.0 Å². The molecule has 1 aliphatic heterocycles. The van der Waals surface area contributed by atoms with E-state index in [4.69, 9.17) is 4.42 Å². The van der Waals surface area contributed by atoms with Gasteiger partial charge in [0.05, 0.1) is 18.3 Å². The summed E-state index contributed by atoms with van der Waals surface area (Å²) >= 11 is 0. The SMILES string of the molecule is Cc1ccc(CN2Cc3ccnn3[C@H](CCNC(=O)CC3CC3)C2)o1. The van der Waals surface area contributed by atoms with E-state index in [2.05, 4.69) is 26.1 Å². The van der Waals surface area contributed by atoms with Crippen LogP contribution in [0.15, 0.2) is 28.8 Å². The topological polar surface area (TPSA) is 63.3 Å². The van der Waals surface area contributed by atoms with E-state index in [1.807, 2.05) is 25.3 Å². The summed E-state index contributed by atoms with van der Waals surface area (Å²) in [6.07, 6.45) is 5.90. The second kappa shape index (κ2) is 7.04. The molecule has 6 heteroatoms. The normalized spacial score (nSPS) is 20.4. The summed E-state index contributed by atoms with van der Waals surface area (Å²) < 4.78 is 7.85. The van der Waals surface area contributed by atoms with E-state index in [-0.39, 0.29) is 11.9 Å². The van der Waals surface area contributed by atoms with Crippen LogP contribution in [0.2, 0.25) is 0 Å². The van der Waals surface area contributed by atoms with Gasteiger partial charge in [0.25, 0.3) is 0 Å². The number of fused-ring (bicyclic) bond motifs is 1. The minimum atomic E-state index is 0.196. The molecule has 1 atom stereocenters. The Labute approximate surface area is 148 Å². The van der Waals surface area contributed by atoms with Gasteiger partial charge in [0.2, 0.25) is 5.91 Å². The third-order valence-corrected chi connectivity index (χ3v) is 5.10. The lowest BCUT2D eigenvalue weighted by Crippen LogP contribution is -2.38. The quantitative estimate of drug-likeness (QED) is 0.840. The molecule has 0 spiro atoms. The highest BCUT2D eigenvalue weighted by Gasteiger charge is 2.27. The lowest BCUT2D eigenvalue weighted by Gasteiger charge is -2.33. The Kier molecular flexibility index (Phi) is 4.61. The summed E-state index contributed by atoms with van der Waals surface area (Å²) in [4.78, 5) is 14.3. The number of rotatable bonds is 7. The third-order valence-electron chi connectivity index (χ3n) is 5.10. The van der Waals surface area contributed by atoms with Crippen molar-refractivity contribution in [3.05, 3.63) is 41.6 Å². The zero-order valence-electron chi connectivity index (χ0n) is 14.8. The van der Waals surface area contributed by atoms with Crippen LogP contribution in [0.5, 0.6) is 0 Å². The van der Waals surface area contributed by atoms with Crippen LogP contribution in [0.25, 0.3) is 0 Å². The predicted octanol–water partition coefficient (Wildman–Crippen LogP) is 2.65. The van der Waals surface area contributed by atoms with E-state index >= 15 is 0 Å². The van der Waals surface area contributed by atoms with Gasteiger partial charge in [-0.2, -0.15) is 5.10 Å². The van der Waals surface area contributed by atoms with Crippen LogP contribution in [-0.4, -0.2) is 33.7 Å². The number of hydrogen-bond donors (Lipinski definition) is 1. The van der Waals surface area contributed by atoms with Crippen molar-refractivity contribution in [2.45, 2.75) is 51.7 Å². The van der Waals surface area contributed by atoms with Crippen molar-refractivity contribution in [1.29, 1.82) is 0 Å². The first-order chi connectivity index (χ1) is 12.2. The summed E-state index contributed by atoms with van der Waals surface area (Å²) in [6.45, 7) is 5.30. The van der Waals surface area contributed by atoms with E-state index in [9.17, 15) is 4.79 Å². The van der Waals surface area contributed by atoms with Gasteiger partial charge in [-0.3, -0.25) is 14.4 Å². The van der Waals surface area contributed by atoms with E-state index < -0.39 is 0 Å². The number of hydrogen-bond acceptors (Lipinski definition) is 4. The van der Waals surface area contributed by atoms with Crippen molar-refractivity contribution >= 4 is 5.91 Å². The van der Waals surface area contributed by atoms with Crippen LogP contribution in [0.4, 0.5) is 0 Å². The summed E-state index contributed by atoms with van der Waals surface area (Å²) in [7, 11) is 0. The van der Waals surface area contributed by atoms with Crippen molar-refractivity contribution in [3.8, 4) is 0 Å². The molecule has 134 valence electrons. The van der Waals surface area contributed by atoms with Crippen molar-refractivity contribution < 1.29 is 9.21 Å². The molecule has 1 fully saturated rings. The molecule has 2 aliphatic rings.